The van der Waals surface area contributed by atoms with Crippen LogP contribution in [-0.2, 0) is 0 Å². The van der Waals surface area contributed by atoms with Gasteiger partial charge in [0, 0.05) is 0 Å². The number of rotatable bonds is 4. The molecule has 0 fully saturated rings. The Labute approximate surface area is 329 Å². The second-order valence-corrected chi connectivity index (χ2v) is 22.8. The van der Waals surface area contributed by atoms with Crippen molar-refractivity contribution in [3.8, 4) is 23.0 Å². The molecule has 7 aromatic carbocycles. The molecule has 0 bridgehead atoms. The topological polar surface area (TPSA) is 18.5 Å². The van der Waals surface area contributed by atoms with E-state index in [0.717, 1.165) is 34.1 Å². The van der Waals surface area contributed by atoms with Gasteiger partial charge in [-0.2, -0.15) is 0 Å². The first kappa shape index (κ1) is 31.8. The Morgan fingerprint density at radius 2 is 0.750 bits per heavy atom. The Kier molecular flexibility index (Phi) is 7.63. The van der Waals surface area contributed by atoms with Crippen LogP contribution in [0.15, 0.2) is 133 Å². The van der Waals surface area contributed by atoms with E-state index >= 15 is 0 Å². The SMILES string of the molecule is Cc1ccccc1Oc1cc2c3c(c1)[Se]c1cc4c(cc1B3c1ccccc1[Se]2)B1c2ccccc2[Se]c2cc(Oc3ccccc3C)cc(c21)[Se]4. The minimum atomic E-state index is 0.170. The summed E-state index contributed by atoms with van der Waals surface area (Å²) in [5.74, 6) is 3.82. The van der Waals surface area contributed by atoms with Gasteiger partial charge in [0.1, 0.15) is 0 Å². The molecule has 4 heterocycles. The summed E-state index contributed by atoms with van der Waals surface area (Å²) in [6.45, 7) is 4.76. The van der Waals surface area contributed by atoms with Gasteiger partial charge in [-0.05, 0) is 0 Å². The molecular formula is C44H28B2O2Se4. The van der Waals surface area contributed by atoms with Crippen LogP contribution in [0.1, 0.15) is 11.1 Å². The molecule has 2 nitrogen and oxygen atoms in total. The molecule has 0 saturated heterocycles. The van der Waals surface area contributed by atoms with Crippen LogP contribution in [0.5, 0.6) is 23.0 Å². The molecule has 11 rings (SSSR count). The van der Waals surface area contributed by atoms with Gasteiger partial charge in [0.15, 0.2) is 0 Å². The molecular weight excluding hydrogens is 898 g/mol. The Morgan fingerprint density at radius 1 is 0.365 bits per heavy atom. The summed E-state index contributed by atoms with van der Waals surface area (Å²) in [5, 5.41) is 0. The molecule has 0 aliphatic carbocycles. The fraction of sp³-hybridized carbons (Fsp3) is 0.0455. The fourth-order valence-electron chi connectivity index (χ4n) is 8.05. The summed E-state index contributed by atoms with van der Waals surface area (Å²) < 4.78 is 25.2. The molecule has 0 N–H and O–H groups in total. The van der Waals surface area contributed by atoms with E-state index in [1.54, 1.807) is 10.9 Å². The zero-order valence-corrected chi connectivity index (χ0v) is 35.2. The zero-order valence-electron chi connectivity index (χ0n) is 28.3. The van der Waals surface area contributed by atoms with Crippen LogP contribution in [0.3, 0.4) is 0 Å². The first-order chi connectivity index (χ1) is 25.6. The second kappa shape index (κ2) is 12.5. The number of hydrogen-bond acceptors (Lipinski definition) is 2. The van der Waals surface area contributed by atoms with Crippen molar-refractivity contribution in [3.63, 3.8) is 0 Å². The molecule has 246 valence electrons. The van der Waals surface area contributed by atoms with Gasteiger partial charge in [-0.1, -0.05) is 0 Å². The van der Waals surface area contributed by atoms with E-state index in [2.05, 4.69) is 147 Å². The monoisotopic (exact) mass is 930 g/mol. The number of ether oxygens (including phenoxy) is 2. The van der Waals surface area contributed by atoms with Gasteiger partial charge in [-0.15, -0.1) is 0 Å². The average molecular weight is 926 g/mol. The van der Waals surface area contributed by atoms with Crippen LogP contribution in [-0.4, -0.2) is 73.3 Å². The van der Waals surface area contributed by atoms with Crippen molar-refractivity contribution in [1.29, 1.82) is 0 Å². The van der Waals surface area contributed by atoms with Crippen LogP contribution in [0, 0.1) is 13.8 Å². The van der Waals surface area contributed by atoms with Crippen LogP contribution in [0.4, 0.5) is 0 Å². The first-order valence-corrected chi connectivity index (χ1v) is 24.3. The van der Waals surface area contributed by atoms with Crippen LogP contribution >= 0.6 is 0 Å². The minimum absolute atomic E-state index is 0.170. The van der Waals surface area contributed by atoms with E-state index in [9.17, 15) is 0 Å². The summed E-state index contributed by atoms with van der Waals surface area (Å²) >= 11 is 0.791. The fourth-order valence-corrected chi connectivity index (χ4v) is 19.2. The molecule has 4 aliphatic rings. The van der Waals surface area contributed by atoms with Crippen molar-refractivity contribution >= 4 is 142 Å². The number of hydrogen-bond donors (Lipinski definition) is 0. The van der Waals surface area contributed by atoms with Gasteiger partial charge in [0.05, 0.1) is 0 Å². The van der Waals surface area contributed by atoms with Gasteiger partial charge in [-0.3, -0.25) is 0 Å². The summed E-state index contributed by atoms with van der Waals surface area (Å²) in [6.07, 6.45) is 0. The number of fused-ring (bicyclic) bond motifs is 8. The third-order valence-corrected chi connectivity index (χ3v) is 20.0. The van der Waals surface area contributed by atoms with Crippen molar-refractivity contribution in [3.05, 3.63) is 145 Å². The summed E-state index contributed by atoms with van der Waals surface area (Å²) in [4.78, 5) is 0. The Morgan fingerprint density at radius 3 is 1.19 bits per heavy atom. The number of aryl methyl sites for hydroxylation is 2. The summed E-state index contributed by atoms with van der Waals surface area (Å²) in [5.41, 5.74) is 11.5. The van der Waals surface area contributed by atoms with Crippen molar-refractivity contribution in [2.75, 3.05) is 0 Å². The van der Waals surface area contributed by atoms with E-state index in [4.69, 9.17) is 9.47 Å². The molecule has 0 aromatic heterocycles. The number of para-hydroxylation sites is 2. The predicted octanol–water partition coefficient (Wildman–Crippen LogP) is -1.21. The predicted molar refractivity (Wildman–Crippen MR) is 224 cm³/mol. The Hall–Kier alpha value is -3.65. The quantitative estimate of drug-likeness (QED) is 0.207. The molecule has 7 aromatic rings. The maximum absolute atomic E-state index is 6.64. The van der Waals surface area contributed by atoms with E-state index in [1.807, 2.05) is 0 Å². The van der Waals surface area contributed by atoms with E-state index < -0.39 is 0 Å². The van der Waals surface area contributed by atoms with Gasteiger partial charge < -0.3 is 0 Å². The van der Waals surface area contributed by atoms with Crippen molar-refractivity contribution in [2.45, 2.75) is 13.8 Å². The normalized spacial score (nSPS) is 14.0. The van der Waals surface area contributed by atoms with Gasteiger partial charge in [0.25, 0.3) is 0 Å². The second-order valence-electron chi connectivity index (χ2n) is 13.7. The van der Waals surface area contributed by atoms with Crippen molar-refractivity contribution in [2.24, 2.45) is 0 Å². The molecule has 0 spiro atoms. The van der Waals surface area contributed by atoms with E-state index in [-0.39, 0.29) is 73.3 Å². The average Bonchev–Trinajstić information content (AvgIpc) is 3.15. The van der Waals surface area contributed by atoms with Crippen LogP contribution < -0.4 is 77.9 Å². The first-order valence-electron chi connectivity index (χ1n) is 17.5. The Balaban J connectivity index is 1.08. The van der Waals surface area contributed by atoms with Crippen molar-refractivity contribution in [1.82, 2.24) is 0 Å². The molecule has 4 aliphatic heterocycles. The molecule has 8 heteroatoms. The molecule has 0 atom stereocenters. The van der Waals surface area contributed by atoms with E-state index in [1.165, 1.54) is 57.5 Å². The number of benzene rings is 7. The third kappa shape index (κ3) is 5.13. The molecule has 0 radical (unpaired) electrons. The molecule has 52 heavy (non-hydrogen) atoms. The van der Waals surface area contributed by atoms with Gasteiger partial charge in [0.2, 0.25) is 0 Å². The van der Waals surface area contributed by atoms with Crippen molar-refractivity contribution < 1.29 is 9.47 Å². The standard InChI is InChI=1S/C44H28B2O2Se4/c1-25-11-3-7-15-33(25)47-27-19-39-43-41(21-27)51-37-24-38-32(23-31(37)45(43)29-13-5-9-17-35(29)49-39)46-30-14-6-10-18-36(30)50-40-20-28(22-42(52-38)44(40)46)48-34-16-8-4-12-26(34)2/h3-24H,1-2H3. The van der Waals surface area contributed by atoms with E-state index in [0.29, 0.717) is 0 Å². The summed E-state index contributed by atoms with van der Waals surface area (Å²) in [6, 6.07) is 49.9. The molecule has 0 amide bonds. The van der Waals surface area contributed by atoms with Gasteiger partial charge in [-0.25, -0.2) is 0 Å². The zero-order chi connectivity index (χ0) is 34.5. The van der Waals surface area contributed by atoms with Crippen LogP contribution in [0.25, 0.3) is 0 Å². The molecule has 0 unspecified atom stereocenters. The van der Waals surface area contributed by atoms with Gasteiger partial charge >= 0.3 is 333 Å². The molecule has 0 saturated carbocycles. The third-order valence-electron chi connectivity index (χ3n) is 10.5. The Bertz CT molecular complexity index is 2480. The summed E-state index contributed by atoms with van der Waals surface area (Å²) in [7, 11) is 0. The maximum atomic E-state index is 6.64. The van der Waals surface area contributed by atoms with Crippen LogP contribution in [0.2, 0.25) is 0 Å².